The first-order valence-corrected chi connectivity index (χ1v) is 12.2. The molecule has 0 aromatic carbocycles. The Kier molecular flexibility index (Phi) is 6.41. The highest BCUT2D eigenvalue weighted by Gasteiger charge is 2.78. The van der Waals surface area contributed by atoms with Crippen LogP contribution in [0.4, 0.5) is 4.39 Å². The van der Waals surface area contributed by atoms with Gasteiger partial charge < -0.3 is 14.7 Å². The lowest BCUT2D eigenvalue weighted by molar-refractivity contribution is -0.786. The van der Waals surface area contributed by atoms with Crippen LogP contribution in [-0.2, 0) is 28.8 Å². The van der Waals surface area contributed by atoms with Crippen molar-refractivity contribution in [3.05, 3.63) is 44.0 Å². The molecule has 1 N–H and O–H groups in total. The van der Waals surface area contributed by atoms with Gasteiger partial charge in [-0.1, -0.05) is 19.9 Å². The van der Waals surface area contributed by atoms with Crippen molar-refractivity contribution in [1.82, 2.24) is 0 Å². The van der Waals surface area contributed by atoms with E-state index in [1.54, 1.807) is 0 Å². The number of carbonyl (C=O) groups excluding carboxylic acids is 3. The highest BCUT2D eigenvalue weighted by Crippen LogP contribution is 2.71. The summed E-state index contributed by atoms with van der Waals surface area (Å²) in [6.45, 7) is 4.56. The number of nitrogens with zero attached hydrogens (tertiary/aromatic N) is 2. The van der Waals surface area contributed by atoms with Gasteiger partial charge in [-0.3, -0.25) is 19.2 Å². The third kappa shape index (κ3) is 3.56. The van der Waals surface area contributed by atoms with Crippen LogP contribution in [0.3, 0.4) is 0 Å². The third-order valence-electron chi connectivity index (χ3n) is 9.43. The monoisotopic (exact) mass is 540 g/mol. The molecule has 0 saturated heterocycles. The van der Waals surface area contributed by atoms with Crippen LogP contribution in [0.2, 0.25) is 0 Å². The van der Waals surface area contributed by atoms with Crippen LogP contribution >= 0.6 is 0 Å². The van der Waals surface area contributed by atoms with Gasteiger partial charge >= 0.3 is 5.97 Å². The molecule has 0 amide bonds. The van der Waals surface area contributed by atoms with Crippen molar-refractivity contribution < 1.29 is 48.5 Å². The number of esters is 1. The summed E-state index contributed by atoms with van der Waals surface area (Å²) >= 11 is 0. The average molecular weight is 540 g/mol. The van der Waals surface area contributed by atoms with E-state index >= 15 is 4.39 Å². The minimum absolute atomic E-state index is 0.0299. The second-order valence-electron chi connectivity index (χ2n) is 11.1. The molecule has 0 unspecified atom stereocenters. The van der Waals surface area contributed by atoms with Crippen molar-refractivity contribution in [2.45, 2.75) is 70.4 Å². The van der Waals surface area contributed by atoms with Crippen LogP contribution in [0.25, 0.3) is 0 Å². The maximum Gasteiger partial charge on any atom is 0.303 e. The summed E-state index contributed by atoms with van der Waals surface area (Å²) in [7, 11) is 0. The van der Waals surface area contributed by atoms with Crippen molar-refractivity contribution in [2.75, 3.05) is 6.61 Å². The molecule has 0 spiro atoms. The molecule has 0 aliphatic heterocycles. The van der Waals surface area contributed by atoms with Crippen LogP contribution < -0.4 is 0 Å². The highest BCUT2D eigenvalue weighted by atomic mass is 19.1. The van der Waals surface area contributed by atoms with Crippen LogP contribution in [-0.4, -0.2) is 62.9 Å². The van der Waals surface area contributed by atoms with E-state index in [0.717, 1.165) is 19.1 Å². The minimum atomic E-state index is -2.55. The van der Waals surface area contributed by atoms with E-state index in [1.807, 2.05) is 0 Å². The molecule has 208 valence electrons. The molecule has 0 aromatic rings. The fourth-order valence-electron chi connectivity index (χ4n) is 7.98. The van der Waals surface area contributed by atoms with Gasteiger partial charge in [-0.25, -0.2) is 4.39 Å². The number of rotatable bonds is 7. The Morgan fingerprint density at radius 3 is 2.42 bits per heavy atom. The number of ketones is 2. The molecule has 38 heavy (non-hydrogen) atoms. The molecule has 4 rings (SSSR count). The summed E-state index contributed by atoms with van der Waals surface area (Å²) in [6.07, 6.45) is -0.460. The van der Waals surface area contributed by atoms with E-state index < -0.39 is 92.8 Å². The molecular weight excluding hydrogens is 511 g/mol. The van der Waals surface area contributed by atoms with Crippen molar-refractivity contribution in [3.8, 4) is 0 Å². The lowest BCUT2D eigenvalue weighted by atomic mass is 9.44. The second-order valence-corrected chi connectivity index (χ2v) is 11.1. The van der Waals surface area contributed by atoms with Crippen molar-refractivity contribution in [1.29, 1.82) is 0 Å². The number of halogens is 1. The highest BCUT2D eigenvalue weighted by molar-refractivity contribution is 6.01. The van der Waals surface area contributed by atoms with E-state index in [0.29, 0.717) is 0 Å². The van der Waals surface area contributed by atoms with Crippen LogP contribution in [0.15, 0.2) is 23.8 Å². The van der Waals surface area contributed by atoms with Gasteiger partial charge in [0.25, 0.3) is 10.2 Å². The summed E-state index contributed by atoms with van der Waals surface area (Å²) in [5, 5.41) is 32.0. The smallest absolute Gasteiger partial charge is 0.303 e. The molecule has 4 aliphatic rings. The number of allylic oxidation sites excluding steroid dienone is 3. The average Bonchev–Trinajstić information content (AvgIpc) is 3.02. The topological polar surface area (TPSA) is 185 Å². The normalized spacial score (nSPS) is 43.2. The zero-order valence-corrected chi connectivity index (χ0v) is 21.2. The van der Waals surface area contributed by atoms with Crippen molar-refractivity contribution in [3.63, 3.8) is 0 Å². The van der Waals surface area contributed by atoms with E-state index in [9.17, 15) is 39.7 Å². The molecule has 0 heterocycles. The van der Waals surface area contributed by atoms with Crippen molar-refractivity contribution >= 4 is 17.5 Å². The first kappa shape index (κ1) is 27.6. The summed E-state index contributed by atoms with van der Waals surface area (Å²) in [5.41, 5.74) is -8.05. The van der Waals surface area contributed by atoms with Gasteiger partial charge in [0, 0.05) is 23.7 Å². The largest absolute Gasteiger partial charge is 0.458 e. The Morgan fingerprint density at radius 2 is 1.84 bits per heavy atom. The fourth-order valence-corrected chi connectivity index (χ4v) is 7.98. The maximum absolute atomic E-state index is 17.7. The van der Waals surface area contributed by atoms with Gasteiger partial charge in [-0.05, 0) is 55.7 Å². The molecular formula is C24H29FN2O11. The van der Waals surface area contributed by atoms with Gasteiger partial charge in [0.2, 0.25) is 5.78 Å². The standard InChI is InChI=1S/C24H29FN2O11/c1-12-7-15-16-9-18(30)17-8-14(29)5-6-21(17,3)23(16,25)20(37-26(32)33)10-22(15,4)24(12,38-27(34)35)19(31)11-36-13(2)28/h5-6,8,12,15-16,18,20,30H,7,9-11H2,1-4H3/t12-,15-,16-,18+,20-,21-,22-,23-,24+/m0/s1. The van der Waals surface area contributed by atoms with Crippen LogP contribution in [0, 0.1) is 48.8 Å². The Hall–Kier alpha value is -3.42. The van der Waals surface area contributed by atoms with Gasteiger partial charge in [0.1, 0.15) is 6.10 Å². The molecule has 0 radical (unpaired) electrons. The molecule has 0 aromatic heterocycles. The third-order valence-corrected chi connectivity index (χ3v) is 9.43. The fraction of sp³-hybridized carbons (Fsp3) is 0.708. The predicted molar refractivity (Wildman–Crippen MR) is 123 cm³/mol. The Balaban J connectivity index is 1.92. The Labute approximate surface area is 216 Å². The zero-order valence-electron chi connectivity index (χ0n) is 21.2. The quantitative estimate of drug-likeness (QED) is 0.282. The number of aliphatic hydroxyl groups is 1. The Bertz CT molecular complexity index is 1170. The summed E-state index contributed by atoms with van der Waals surface area (Å²) in [4.78, 5) is 70.4. The number of alkyl halides is 1. The van der Waals surface area contributed by atoms with Crippen LogP contribution in [0.5, 0.6) is 0 Å². The van der Waals surface area contributed by atoms with Gasteiger partial charge in [0.05, 0.1) is 6.10 Å². The number of hydrogen-bond donors (Lipinski definition) is 1. The molecule has 13 nitrogen and oxygen atoms in total. The number of carbonyl (C=O) groups is 3. The first-order chi connectivity index (χ1) is 17.5. The Morgan fingerprint density at radius 1 is 1.18 bits per heavy atom. The van der Waals surface area contributed by atoms with Crippen LogP contribution in [0.1, 0.15) is 47.0 Å². The van der Waals surface area contributed by atoms with Gasteiger partial charge in [-0.2, -0.15) is 0 Å². The van der Waals surface area contributed by atoms with E-state index in [-0.39, 0.29) is 18.4 Å². The SMILES string of the molecule is CC(=O)OCC(=O)[C@]1(O[N+](=O)[O-])[C@@H](C)C[C@H]2[C@@H]3C[C@@H](O)C4=CC(=O)C=C[C@]4(C)[C@@]3(F)[C@@H](O[N+](=O)[O-])C[C@@]21C. The molecule has 0 bridgehead atoms. The van der Waals surface area contributed by atoms with E-state index in [1.165, 1.54) is 26.8 Å². The maximum atomic E-state index is 17.7. The summed E-state index contributed by atoms with van der Waals surface area (Å²) < 4.78 is 22.5. The number of aliphatic hydroxyl groups excluding tert-OH is 1. The van der Waals surface area contributed by atoms with Crippen molar-refractivity contribution in [2.24, 2.45) is 28.6 Å². The summed E-state index contributed by atoms with van der Waals surface area (Å²) in [5.74, 6) is -5.19. The molecule has 3 saturated carbocycles. The molecule has 3 fully saturated rings. The minimum Gasteiger partial charge on any atom is -0.458 e. The lowest BCUT2D eigenvalue weighted by Crippen LogP contribution is -2.72. The zero-order chi connectivity index (χ0) is 28.4. The van der Waals surface area contributed by atoms with E-state index in [4.69, 9.17) is 14.4 Å². The van der Waals surface area contributed by atoms with E-state index in [2.05, 4.69) is 0 Å². The number of fused-ring (bicyclic) bond motifs is 5. The number of ether oxygens (including phenoxy) is 1. The van der Waals surface area contributed by atoms with Gasteiger partial charge in [-0.15, -0.1) is 20.2 Å². The molecule has 9 atom stereocenters. The molecule has 14 heteroatoms. The predicted octanol–water partition coefficient (Wildman–Crippen LogP) is 1.87. The summed E-state index contributed by atoms with van der Waals surface area (Å²) in [6, 6.07) is 0. The molecule has 4 aliphatic carbocycles. The lowest BCUT2D eigenvalue weighted by Gasteiger charge is -2.63. The first-order valence-electron chi connectivity index (χ1n) is 12.2. The van der Waals surface area contributed by atoms with Gasteiger partial charge in [0.15, 0.2) is 23.7 Å². The number of Topliss-reactive ketones (excluding diaryl/α,β-unsaturated/α-hetero) is 1. The second kappa shape index (κ2) is 8.82. The number of hydrogen-bond acceptors (Lipinski definition) is 11.